The summed E-state index contributed by atoms with van der Waals surface area (Å²) in [6.07, 6.45) is 1.22. The zero-order valence-electron chi connectivity index (χ0n) is 14.4. The van der Waals surface area contributed by atoms with E-state index < -0.39 is 0 Å². The van der Waals surface area contributed by atoms with Gasteiger partial charge in [0.15, 0.2) is 0 Å². The molecule has 0 radical (unpaired) electrons. The van der Waals surface area contributed by atoms with Crippen molar-refractivity contribution in [2.24, 2.45) is 5.92 Å². The van der Waals surface area contributed by atoms with Crippen molar-refractivity contribution in [3.8, 4) is 0 Å². The van der Waals surface area contributed by atoms with Gasteiger partial charge in [0.2, 0.25) is 0 Å². The van der Waals surface area contributed by atoms with Crippen LogP contribution in [-0.2, 0) is 6.54 Å². The summed E-state index contributed by atoms with van der Waals surface area (Å²) in [6, 6.07) is 10.5. The normalized spacial score (nSPS) is 24.0. The van der Waals surface area contributed by atoms with E-state index in [0.717, 1.165) is 13.1 Å². The molecule has 0 amide bonds. The van der Waals surface area contributed by atoms with E-state index in [1.54, 1.807) is 0 Å². The van der Waals surface area contributed by atoms with Gasteiger partial charge in [-0.15, -0.1) is 0 Å². The van der Waals surface area contributed by atoms with E-state index in [4.69, 9.17) is 0 Å². The van der Waals surface area contributed by atoms with Crippen LogP contribution in [0.25, 0.3) is 0 Å². The maximum absolute atomic E-state index is 3.70. The Balaban J connectivity index is 2.06. The SMILES string of the molecule is CCC1CN(Cc2ccc(C(C)C)cc2)C(C(C)C)CN1. The molecule has 1 N–H and O–H groups in total. The fourth-order valence-corrected chi connectivity index (χ4v) is 3.25. The summed E-state index contributed by atoms with van der Waals surface area (Å²) in [5.41, 5.74) is 2.88. The quantitative estimate of drug-likeness (QED) is 0.880. The third-order valence-corrected chi connectivity index (χ3v) is 4.83. The van der Waals surface area contributed by atoms with Crippen LogP contribution in [0.3, 0.4) is 0 Å². The summed E-state index contributed by atoms with van der Waals surface area (Å²) in [6.45, 7) is 14.9. The molecule has 1 fully saturated rings. The molecule has 0 bridgehead atoms. The van der Waals surface area contributed by atoms with Gasteiger partial charge in [-0.05, 0) is 29.4 Å². The van der Waals surface area contributed by atoms with Gasteiger partial charge in [-0.3, -0.25) is 4.90 Å². The minimum Gasteiger partial charge on any atom is -0.311 e. The van der Waals surface area contributed by atoms with Crippen LogP contribution in [0.1, 0.15) is 58.1 Å². The summed E-state index contributed by atoms with van der Waals surface area (Å²) in [7, 11) is 0. The summed E-state index contributed by atoms with van der Waals surface area (Å²) in [5, 5.41) is 3.70. The zero-order chi connectivity index (χ0) is 15.4. The molecule has 0 saturated carbocycles. The third kappa shape index (κ3) is 4.31. The predicted octanol–water partition coefficient (Wildman–Crippen LogP) is 4.02. The van der Waals surface area contributed by atoms with Gasteiger partial charge in [-0.1, -0.05) is 58.9 Å². The fraction of sp³-hybridized carbons (Fsp3) is 0.684. The van der Waals surface area contributed by atoms with E-state index in [1.165, 1.54) is 24.1 Å². The molecule has 21 heavy (non-hydrogen) atoms. The maximum atomic E-state index is 3.70. The zero-order valence-corrected chi connectivity index (χ0v) is 14.4. The molecule has 1 saturated heterocycles. The molecule has 1 aromatic rings. The van der Waals surface area contributed by atoms with Crippen molar-refractivity contribution in [3.63, 3.8) is 0 Å². The second-order valence-electron chi connectivity index (χ2n) is 7.15. The molecule has 0 spiro atoms. The predicted molar refractivity (Wildman–Crippen MR) is 91.6 cm³/mol. The van der Waals surface area contributed by atoms with Gasteiger partial charge < -0.3 is 5.32 Å². The van der Waals surface area contributed by atoms with Crippen LogP contribution < -0.4 is 5.32 Å². The molecule has 0 aromatic heterocycles. The largest absolute Gasteiger partial charge is 0.311 e. The monoisotopic (exact) mass is 288 g/mol. The standard InChI is InChI=1S/C19H32N2/c1-6-18-13-21(19(11-20-18)15(4)5)12-16-7-9-17(10-8-16)14(2)3/h7-10,14-15,18-20H,6,11-13H2,1-5H3. The Morgan fingerprint density at radius 3 is 2.33 bits per heavy atom. The van der Waals surface area contributed by atoms with E-state index in [1.807, 2.05) is 0 Å². The van der Waals surface area contributed by atoms with Gasteiger partial charge in [0, 0.05) is 31.7 Å². The number of nitrogens with zero attached hydrogens (tertiary/aromatic N) is 1. The van der Waals surface area contributed by atoms with Gasteiger partial charge >= 0.3 is 0 Å². The first-order valence-electron chi connectivity index (χ1n) is 8.57. The fourth-order valence-electron chi connectivity index (χ4n) is 3.25. The number of nitrogens with one attached hydrogen (secondary N) is 1. The third-order valence-electron chi connectivity index (χ3n) is 4.83. The Hall–Kier alpha value is -0.860. The molecule has 1 aliphatic heterocycles. The molecule has 2 unspecified atom stereocenters. The summed E-state index contributed by atoms with van der Waals surface area (Å²) < 4.78 is 0. The van der Waals surface area contributed by atoms with Gasteiger partial charge in [0.1, 0.15) is 0 Å². The molecule has 2 heteroatoms. The lowest BCUT2D eigenvalue weighted by atomic mass is 9.96. The highest BCUT2D eigenvalue weighted by Crippen LogP contribution is 2.21. The van der Waals surface area contributed by atoms with E-state index in [2.05, 4.69) is 69.1 Å². The molecule has 2 nitrogen and oxygen atoms in total. The van der Waals surface area contributed by atoms with E-state index in [-0.39, 0.29) is 0 Å². The molecule has 1 aliphatic rings. The van der Waals surface area contributed by atoms with Crippen LogP contribution in [0, 0.1) is 5.92 Å². The molecule has 2 atom stereocenters. The summed E-state index contributed by atoms with van der Waals surface area (Å²) in [4.78, 5) is 2.68. The van der Waals surface area contributed by atoms with Crippen molar-refractivity contribution in [2.75, 3.05) is 13.1 Å². The second kappa shape index (κ2) is 7.42. The van der Waals surface area contributed by atoms with Crippen LogP contribution >= 0.6 is 0 Å². The van der Waals surface area contributed by atoms with Crippen molar-refractivity contribution in [2.45, 2.75) is 65.6 Å². The highest BCUT2D eigenvalue weighted by atomic mass is 15.2. The highest BCUT2D eigenvalue weighted by Gasteiger charge is 2.28. The Bertz CT molecular complexity index is 422. The first kappa shape index (κ1) is 16.5. The van der Waals surface area contributed by atoms with Crippen molar-refractivity contribution >= 4 is 0 Å². The number of benzene rings is 1. The van der Waals surface area contributed by atoms with Gasteiger partial charge in [-0.25, -0.2) is 0 Å². The number of piperazine rings is 1. The molecular formula is C19H32N2. The number of rotatable bonds is 5. The van der Waals surface area contributed by atoms with Crippen molar-refractivity contribution in [1.82, 2.24) is 10.2 Å². The molecule has 0 aliphatic carbocycles. The Kier molecular flexibility index (Phi) is 5.83. The Morgan fingerprint density at radius 2 is 1.81 bits per heavy atom. The Morgan fingerprint density at radius 1 is 1.14 bits per heavy atom. The van der Waals surface area contributed by atoms with Crippen LogP contribution in [0.15, 0.2) is 24.3 Å². The summed E-state index contributed by atoms with van der Waals surface area (Å²) >= 11 is 0. The Labute approximate surface area is 130 Å². The average Bonchev–Trinajstić information content (AvgIpc) is 2.47. The van der Waals surface area contributed by atoms with Crippen LogP contribution in [0.4, 0.5) is 0 Å². The molecule has 118 valence electrons. The van der Waals surface area contributed by atoms with Gasteiger partial charge in [-0.2, -0.15) is 0 Å². The summed E-state index contributed by atoms with van der Waals surface area (Å²) in [5.74, 6) is 1.32. The lowest BCUT2D eigenvalue weighted by molar-refractivity contribution is 0.0900. The highest BCUT2D eigenvalue weighted by molar-refractivity contribution is 5.24. The molecule has 1 heterocycles. The van der Waals surface area contributed by atoms with Crippen molar-refractivity contribution in [1.29, 1.82) is 0 Å². The second-order valence-corrected chi connectivity index (χ2v) is 7.15. The van der Waals surface area contributed by atoms with E-state index >= 15 is 0 Å². The lowest BCUT2D eigenvalue weighted by Crippen LogP contribution is -2.57. The smallest absolute Gasteiger partial charge is 0.0247 e. The van der Waals surface area contributed by atoms with Crippen LogP contribution in [0.2, 0.25) is 0 Å². The minimum atomic E-state index is 0.617. The van der Waals surface area contributed by atoms with Crippen LogP contribution in [-0.4, -0.2) is 30.1 Å². The number of hydrogen-bond acceptors (Lipinski definition) is 2. The van der Waals surface area contributed by atoms with E-state index in [9.17, 15) is 0 Å². The van der Waals surface area contributed by atoms with Crippen molar-refractivity contribution in [3.05, 3.63) is 35.4 Å². The first-order valence-corrected chi connectivity index (χ1v) is 8.57. The van der Waals surface area contributed by atoms with Crippen molar-refractivity contribution < 1.29 is 0 Å². The number of hydrogen-bond donors (Lipinski definition) is 1. The molecule has 2 rings (SSSR count). The van der Waals surface area contributed by atoms with Gasteiger partial charge in [0.25, 0.3) is 0 Å². The molecule has 1 aromatic carbocycles. The van der Waals surface area contributed by atoms with Gasteiger partial charge in [0.05, 0.1) is 0 Å². The first-order chi connectivity index (χ1) is 10.0. The minimum absolute atomic E-state index is 0.617. The maximum Gasteiger partial charge on any atom is 0.0247 e. The lowest BCUT2D eigenvalue weighted by Gasteiger charge is -2.42. The van der Waals surface area contributed by atoms with Crippen LogP contribution in [0.5, 0.6) is 0 Å². The van der Waals surface area contributed by atoms with E-state index in [0.29, 0.717) is 23.9 Å². The average molecular weight is 288 g/mol. The topological polar surface area (TPSA) is 15.3 Å². The molecular weight excluding hydrogens is 256 g/mol.